The van der Waals surface area contributed by atoms with Crippen LogP contribution in [0.15, 0.2) is 24.3 Å². The summed E-state index contributed by atoms with van der Waals surface area (Å²) < 4.78 is 0. The Morgan fingerprint density at radius 3 is 2.15 bits per heavy atom. The molecule has 0 aromatic heterocycles. The minimum absolute atomic E-state index is 0.158. The monoisotopic (exact) mass is 277 g/mol. The van der Waals surface area contributed by atoms with E-state index in [0.717, 1.165) is 19.5 Å². The molecule has 2 nitrogen and oxygen atoms in total. The molecule has 1 amide bonds. The standard InChI is InChI=1S/C18H31NO/c1-2-3-4-5-6-7-8-9-10-13-16-19-17-14-11-12-15-18(19)20/h11-12,14-15H,2-10,13,16-17H2,1H3. The minimum Gasteiger partial charge on any atom is -0.335 e. The van der Waals surface area contributed by atoms with Crippen LogP contribution in [0.3, 0.4) is 0 Å². The highest BCUT2D eigenvalue weighted by Gasteiger charge is 2.09. The first-order valence-corrected chi connectivity index (χ1v) is 8.46. The van der Waals surface area contributed by atoms with Crippen LogP contribution in [0, 0.1) is 0 Å². The third-order valence-corrected chi connectivity index (χ3v) is 3.91. The summed E-state index contributed by atoms with van der Waals surface area (Å²) >= 11 is 0. The largest absolute Gasteiger partial charge is 0.335 e. The Balaban J connectivity index is 1.90. The van der Waals surface area contributed by atoms with Crippen LogP contribution in [0.5, 0.6) is 0 Å². The molecule has 1 aliphatic heterocycles. The molecular formula is C18H31NO. The Morgan fingerprint density at radius 1 is 0.900 bits per heavy atom. The Morgan fingerprint density at radius 2 is 1.50 bits per heavy atom. The fourth-order valence-electron chi connectivity index (χ4n) is 2.59. The first-order valence-electron chi connectivity index (χ1n) is 8.46. The van der Waals surface area contributed by atoms with Gasteiger partial charge in [0.25, 0.3) is 0 Å². The smallest absolute Gasteiger partial charge is 0.246 e. The number of carbonyl (C=O) groups excluding carboxylic acids is 1. The van der Waals surface area contributed by atoms with Gasteiger partial charge in [0.15, 0.2) is 0 Å². The Labute approximate surface area is 124 Å². The topological polar surface area (TPSA) is 20.3 Å². The molecule has 114 valence electrons. The molecule has 0 N–H and O–H groups in total. The molecule has 0 fully saturated rings. The van der Waals surface area contributed by atoms with E-state index in [9.17, 15) is 4.79 Å². The van der Waals surface area contributed by atoms with Crippen LogP contribution in [0.4, 0.5) is 0 Å². The lowest BCUT2D eigenvalue weighted by Crippen LogP contribution is -2.30. The highest BCUT2D eigenvalue weighted by Crippen LogP contribution is 2.11. The average Bonchev–Trinajstić information content (AvgIpc) is 2.66. The number of carbonyl (C=O) groups is 1. The molecule has 2 heteroatoms. The van der Waals surface area contributed by atoms with Crippen molar-refractivity contribution in [3.8, 4) is 0 Å². The number of unbranched alkanes of at least 4 members (excludes halogenated alkanes) is 9. The van der Waals surface area contributed by atoms with Crippen molar-refractivity contribution in [2.45, 2.75) is 71.1 Å². The fraction of sp³-hybridized carbons (Fsp3) is 0.722. The Kier molecular flexibility index (Phi) is 9.99. The molecular weight excluding hydrogens is 246 g/mol. The zero-order valence-electron chi connectivity index (χ0n) is 13.2. The number of hydrogen-bond donors (Lipinski definition) is 0. The van der Waals surface area contributed by atoms with E-state index in [1.54, 1.807) is 6.08 Å². The van der Waals surface area contributed by atoms with E-state index in [0.29, 0.717) is 0 Å². The quantitative estimate of drug-likeness (QED) is 0.494. The summed E-state index contributed by atoms with van der Waals surface area (Å²) in [7, 11) is 0. The molecule has 0 aromatic rings. The van der Waals surface area contributed by atoms with Crippen molar-refractivity contribution in [3.05, 3.63) is 24.3 Å². The van der Waals surface area contributed by atoms with E-state index in [4.69, 9.17) is 0 Å². The van der Waals surface area contributed by atoms with Crippen molar-refractivity contribution in [3.63, 3.8) is 0 Å². The lowest BCUT2D eigenvalue weighted by molar-refractivity contribution is -0.125. The van der Waals surface area contributed by atoms with Gasteiger partial charge in [-0.3, -0.25) is 4.79 Å². The third-order valence-electron chi connectivity index (χ3n) is 3.91. The van der Waals surface area contributed by atoms with Crippen LogP contribution < -0.4 is 0 Å². The maximum absolute atomic E-state index is 11.7. The van der Waals surface area contributed by atoms with Crippen LogP contribution in [-0.2, 0) is 4.79 Å². The van der Waals surface area contributed by atoms with Crippen LogP contribution in [0.25, 0.3) is 0 Å². The van der Waals surface area contributed by atoms with E-state index < -0.39 is 0 Å². The molecule has 0 unspecified atom stereocenters. The summed E-state index contributed by atoms with van der Waals surface area (Å²) in [6.07, 6.45) is 20.9. The first-order chi connectivity index (χ1) is 9.84. The molecule has 0 atom stereocenters. The predicted molar refractivity (Wildman–Crippen MR) is 86.7 cm³/mol. The first kappa shape index (κ1) is 17.0. The highest BCUT2D eigenvalue weighted by molar-refractivity contribution is 5.88. The molecule has 1 aliphatic rings. The SMILES string of the molecule is CCCCCCCCCCCCN1CC=CC=CC1=O. The van der Waals surface area contributed by atoms with Crippen molar-refractivity contribution in [1.29, 1.82) is 0 Å². The molecule has 0 radical (unpaired) electrons. The van der Waals surface area contributed by atoms with Gasteiger partial charge in [-0.25, -0.2) is 0 Å². The summed E-state index contributed by atoms with van der Waals surface area (Å²) in [4.78, 5) is 13.6. The number of hydrogen-bond acceptors (Lipinski definition) is 1. The molecule has 0 bridgehead atoms. The van der Waals surface area contributed by atoms with E-state index in [-0.39, 0.29) is 5.91 Å². The minimum atomic E-state index is 0.158. The average molecular weight is 277 g/mol. The summed E-state index contributed by atoms with van der Waals surface area (Å²) in [6.45, 7) is 3.94. The number of rotatable bonds is 11. The second-order valence-electron chi connectivity index (χ2n) is 5.75. The van der Waals surface area contributed by atoms with E-state index in [1.807, 2.05) is 17.1 Å². The molecule has 0 saturated carbocycles. The zero-order valence-corrected chi connectivity index (χ0v) is 13.2. The Hall–Kier alpha value is -1.05. The van der Waals surface area contributed by atoms with Crippen molar-refractivity contribution in [2.24, 2.45) is 0 Å². The number of allylic oxidation sites excluding steroid dienone is 2. The molecule has 1 rings (SSSR count). The van der Waals surface area contributed by atoms with Crippen molar-refractivity contribution in [2.75, 3.05) is 13.1 Å². The maximum atomic E-state index is 11.7. The fourth-order valence-corrected chi connectivity index (χ4v) is 2.59. The van der Waals surface area contributed by atoms with Gasteiger partial charge < -0.3 is 4.90 Å². The molecule has 0 aromatic carbocycles. The van der Waals surface area contributed by atoms with Gasteiger partial charge in [0.05, 0.1) is 0 Å². The zero-order chi connectivity index (χ0) is 14.5. The Bertz CT molecular complexity index is 307. The van der Waals surface area contributed by atoms with Gasteiger partial charge in [-0.15, -0.1) is 0 Å². The predicted octanol–water partition coefficient (Wildman–Crippen LogP) is 4.86. The van der Waals surface area contributed by atoms with Crippen LogP contribution in [0.1, 0.15) is 71.1 Å². The third kappa shape index (κ3) is 8.19. The molecule has 0 spiro atoms. The van der Waals surface area contributed by atoms with E-state index in [2.05, 4.69) is 13.0 Å². The van der Waals surface area contributed by atoms with Gasteiger partial charge in [0.2, 0.25) is 5.91 Å². The number of nitrogens with zero attached hydrogens (tertiary/aromatic N) is 1. The van der Waals surface area contributed by atoms with Crippen LogP contribution in [0.2, 0.25) is 0 Å². The molecule has 0 saturated heterocycles. The maximum Gasteiger partial charge on any atom is 0.246 e. The summed E-state index contributed by atoms with van der Waals surface area (Å²) in [6, 6.07) is 0. The van der Waals surface area contributed by atoms with Gasteiger partial charge in [-0.2, -0.15) is 0 Å². The summed E-state index contributed by atoms with van der Waals surface area (Å²) in [5.41, 5.74) is 0. The van der Waals surface area contributed by atoms with Crippen LogP contribution >= 0.6 is 0 Å². The molecule has 0 aliphatic carbocycles. The van der Waals surface area contributed by atoms with Crippen molar-refractivity contribution < 1.29 is 4.79 Å². The molecule has 1 heterocycles. The molecule has 20 heavy (non-hydrogen) atoms. The normalized spacial score (nSPS) is 14.8. The van der Waals surface area contributed by atoms with E-state index in [1.165, 1.54) is 57.8 Å². The van der Waals surface area contributed by atoms with Crippen molar-refractivity contribution in [1.82, 2.24) is 4.90 Å². The van der Waals surface area contributed by atoms with Crippen molar-refractivity contribution >= 4 is 5.91 Å². The number of amides is 1. The van der Waals surface area contributed by atoms with Crippen LogP contribution in [-0.4, -0.2) is 23.9 Å². The summed E-state index contributed by atoms with van der Waals surface area (Å²) in [5, 5.41) is 0. The second kappa shape index (κ2) is 11.7. The van der Waals surface area contributed by atoms with E-state index >= 15 is 0 Å². The highest BCUT2D eigenvalue weighted by atomic mass is 16.2. The van der Waals surface area contributed by atoms with Gasteiger partial charge >= 0.3 is 0 Å². The van der Waals surface area contributed by atoms with Gasteiger partial charge in [-0.05, 0) is 6.42 Å². The lowest BCUT2D eigenvalue weighted by atomic mass is 10.1. The van der Waals surface area contributed by atoms with Gasteiger partial charge in [-0.1, -0.05) is 82.9 Å². The second-order valence-corrected chi connectivity index (χ2v) is 5.75. The van der Waals surface area contributed by atoms with Gasteiger partial charge in [0.1, 0.15) is 0 Å². The van der Waals surface area contributed by atoms with Gasteiger partial charge in [0, 0.05) is 19.2 Å². The lowest BCUT2D eigenvalue weighted by Gasteiger charge is -2.18. The summed E-state index contributed by atoms with van der Waals surface area (Å²) in [5.74, 6) is 0.158.